The lowest BCUT2D eigenvalue weighted by atomic mass is 10.1. The Hall–Kier alpha value is -0.860. The van der Waals surface area contributed by atoms with E-state index in [0.717, 1.165) is 26.2 Å². The molecular weight excluding hydrogens is 198 g/mol. The molecule has 2 rings (SSSR count). The van der Waals surface area contributed by atoms with E-state index in [4.69, 9.17) is 4.74 Å². The lowest BCUT2D eigenvalue weighted by molar-refractivity contribution is -0.0225. The summed E-state index contributed by atoms with van der Waals surface area (Å²) in [5.41, 5.74) is 1.39. The van der Waals surface area contributed by atoms with Crippen molar-refractivity contribution in [1.82, 2.24) is 4.90 Å². The third kappa shape index (κ3) is 3.06. The van der Waals surface area contributed by atoms with Crippen molar-refractivity contribution in [2.45, 2.75) is 26.5 Å². The van der Waals surface area contributed by atoms with E-state index in [9.17, 15) is 0 Å². The van der Waals surface area contributed by atoms with Gasteiger partial charge in [0, 0.05) is 19.6 Å². The van der Waals surface area contributed by atoms with Gasteiger partial charge in [0.15, 0.2) is 0 Å². The first-order valence-corrected chi connectivity index (χ1v) is 5.93. The molecule has 1 atom stereocenters. The molecule has 87 valence electrons. The largest absolute Gasteiger partial charge is 0.375 e. The molecule has 2 heteroatoms. The minimum atomic E-state index is 0.317. The zero-order valence-electron chi connectivity index (χ0n) is 10.1. The molecule has 16 heavy (non-hydrogen) atoms. The monoisotopic (exact) mass is 218 g/mol. The summed E-state index contributed by atoms with van der Waals surface area (Å²) in [4.78, 5) is 2.47. The van der Waals surface area contributed by atoms with E-state index in [2.05, 4.69) is 49.1 Å². The highest BCUT2D eigenvalue weighted by molar-refractivity contribution is 5.14. The van der Waals surface area contributed by atoms with Crippen LogP contribution in [0.4, 0.5) is 0 Å². The molecule has 1 heterocycles. The molecular formula is C14H20NO. The SMILES string of the molecule is C[C](C)C1CN(Cc2ccccc2)CCO1. The van der Waals surface area contributed by atoms with Gasteiger partial charge in [-0.15, -0.1) is 0 Å². The molecule has 1 aromatic rings. The third-order valence-electron chi connectivity index (χ3n) is 3.04. The summed E-state index contributed by atoms with van der Waals surface area (Å²) in [5.74, 6) is 1.37. The molecule has 1 saturated heterocycles. The van der Waals surface area contributed by atoms with Gasteiger partial charge >= 0.3 is 0 Å². The summed E-state index contributed by atoms with van der Waals surface area (Å²) in [6.45, 7) is 8.25. The van der Waals surface area contributed by atoms with Gasteiger partial charge in [-0.3, -0.25) is 4.90 Å². The lowest BCUT2D eigenvalue weighted by Crippen LogP contribution is -2.43. The zero-order chi connectivity index (χ0) is 11.4. The molecule has 0 aromatic heterocycles. The Bertz CT molecular complexity index is 310. The van der Waals surface area contributed by atoms with Crippen LogP contribution in [-0.2, 0) is 11.3 Å². The summed E-state index contributed by atoms with van der Waals surface area (Å²) in [5, 5.41) is 0. The minimum Gasteiger partial charge on any atom is -0.375 e. The molecule has 1 fully saturated rings. The predicted octanol–water partition coefficient (Wildman–Crippen LogP) is 2.50. The van der Waals surface area contributed by atoms with E-state index in [-0.39, 0.29) is 0 Å². The normalized spacial score (nSPS) is 22.6. The maximum atomic E-state index is 5.73. The summed E-state index contributed by atoms with van der Waals surface area (Å²) < 4.78 is 5.73. The Labute approximate surface area is 98.2 Å². The molecule has 1 radical (unpaired) electrons. The van der Waals surface area contributed by atoms with Crippen LogP contribution in [0, 0.1) is 5.92 Å². The van der Waals surface area contributed by atoms with E-state index in [1.807, 2.05) is 0 Å². The molecule has 0 amide bonds. The van der Waals surface area contributed by atoms with Gasteiger partial charge in [0.05, 0.1) is 12.7 Å². The Morgan fingerprint density at radius 3 is 2.75 bits per heavy atom. The highest BCUT2D eigenvalue weighted by Crippen LogP contribution is 2.16. The fourth-order valence-electron chi connectivity index (χ4n) is 2.04. The number of ether oxygens (including phenoxy) is 1. The van der Waals surface area contributed by atoms with E-state index in [0.29, 0.717) is 6.10 Å². The maximum Gasteiger partial charge on any atom is 0.0759 e. The standard InChI is InChI=1S/C14H20NO/c1-12(2)14-11-15(8-9-16-14)10-13-6-4-3-5-7-13/h3-7,14H,8-11H2,1-2H3. The second-order valence-corrected chi connectivity index (χ2v) is 4.66. The Balaban J connectivity index is 1.90. The maximum absolute atomic E-state index is 5.73. The lowest BCUT2D eigenvalue weighted by Gasteiger charge is -2.34. The Morgan fingerprint density at radius 1 is 1.31 bits per heavy atom. The molecule has 1 aliphatic heterocycles. The van der Waals surface area contributed by atoms with Crippen molar-refractivity contribution in [1.29, 1.82) is 0 Å². The number of hydrogen-bond acceptors (Lipinski definition) is 2. The highest BCUT2D eigenvalue weighted by atomic mass is 16.5. The summed E-state index contributed by atoms with van der Waals surface area (Å²) in [6, 6.07) is 10.6. The first-order valence-electron chi connectivity index (χ1n) is 5.93. The molecule has 2 nitrogen and oxygen atoms in total. The number of benzene rings is 1. The number of rotatable bonds is 3. The fraction of sp³-hybridized carbons (Fsp3) is 0.500. The molecule has 0 bridgehead atoms. The highest BCUT2D eigenvalue weighted by Gasteiger charge is 2.22. The van der Waals surface area contributed by atoms with Gasteiger partial charge in [-0.05, 0) is 11.5 Å². The van der Waals surface area contributed by atoms with E-state index >= 15 is 0 Å². The van der Waals surface area contributed by atoms with Crippen LogP contribution in [-0.4, -0.2) is 30.7 Å². The van der Waals surface area contributed by atoms with E-state index < -0.39 is 0 Å². The summed E-state index contributed by atoms with van der Waals surface area (Å²) >= 11 is 0. The van der Waals surface area contributed by atoms with Gasteiger partial charge in [0.2, 0.25) is 0 Å². The van der Waals surface area contributed by atoms with E-state index in [1.165, 1.54) is 11.5 Å². The first kappa shape index (κ1) is 11.6. The fourth-order valence-corrected chi connectivity index (χ4v) is 2.04. The smallest absolute Gasteiger partial charge is 0.0759 e. The van der Waals surface area contributed by atoms with Gasteiger partial charge in [0.25, 0.3) is 0 Å². The molecule has 1 unspecified atom stereocenters. The van der Waals surface area contributed by atoms with Gasteiger partial charge < -0.3 is 4.74 Å². The molecule has 0 aliphatic carbocycles. The van der Waals surface area contributed by atoms with Crippen LogP contribution >= 0.6 is 0 Å². The second-order valence-electron chi connectivity index (χ2n) is 4.66. The van der Waals surface area contributed by atoms with Gasteiger partial charge in [-0.1, -0.05) is 44.2 Å². The summed E-state index contributed by atoms with van der Waals surface area (Å²) in [7, 11) is 0. The van der Waals surface area contributed by atoms with Crippen molar-refractivity contribution in [3.8, 4) is 0 Å². The van der Waals surface area contributed by atoms with Crippen LogP contribution in [0.5, 0.6) is 0 Å². The Kier molecular flexibility index (Phi) is 3.97. The van der Waals surface area contributed by atoms with Crippen molar-refractivity contribution < 1.29 is 4.74 Å². The van der Waals surface area contributed by atoms with Crippen LogP contribution in [0.25, 0.3) is 0 Å². The van der Waals surface area contributed by atoms with Gasteiger partial charge in [-0.2, -0.15) is 0 Å². The average molecular weight is 218 g/mol. The Morgan fingerprint density at radius 2 is 2.06 bits per heavy atom. The predicted molar refractivity (Wildman–Crippen MR) is 66.1 cm³/mol. The van der Waals surface area contributed by atoms with Crippen LogP contribution in [0.3, 0.4) is 0 Å². The van der Waals surface area contributed by atoms with Gasteiger partial charge in [-0.25, -0.2) is 0 Å². The molecule has 0 N–H and O–H groups in total. The van der Waals surface area contributed by atoms with Gasteiger partial charge in [0.1, 0.15) is 0 Å². The topological polar surface area (TPSA) is 12.5 Å². The van der Waals surface area contributed by atoms with Crippen molar-refractivity contribution in [2.75, 3.05) is 19.7 Å². The second kappa shape index (κ2) is 5.46. The third-order valence-corrected chi connectivity index (χ3v) is 3.04. The van der Waals surface area contributed by atoms with E-state index in [1.54, 1.807) is 0 Å². The van der Waals surface area contributed by atoms with Crippen molar-refractivity contribution >= 4 is 0 Å². The summed E-state index contributed by atoms with van der Waals surface area (Å²) in [6.07, 6.45) is 0.317. The van der Waals surface area contributed by atoms with Crippen LogP contribution in [0.15, 0.2) is 30.3 Å². The van der Waals surface area contributed by atoms with Crippen LogP contribution in [0.2, 0.25) is 0 Å². The first-order chi connectivity index (χ1) is 7.75. The molecule has 0 saturated carbocycles. The number of hydrogen-bond donors (Lipinski definition) is 0. The molecule has 1 aliphatic rings. The van der Waals surface area contributed by atoms with Crippen molar-refractivity contribution in [2.24, 2.45) is 0 Å². The van der Waals surface area contributed by atoms with Crippen LogP contribution in [0.1, 0.15) is 19.4 Å². The number of nitrogens with zero attached hydrogens (tertiary/aromatic N) is 1. The molecule has 0 spiro atoms. The van der Waals surface area contributed by atoms with Crippen molar-refractivity contribution in [3.63, 3.8) is 0 Å². The quantitative estimate of drug-likeness (QED) is 0.773. The molecule has 1 aromatic carbocycles. The number of morpholine rings is 1. The van der Waals surface area contributed by atoms with Crippen LogP contribution < -0.4 is 0 Å². The average Bonchev–Trinajstić information content (AvgIpc) is 2.30. The zero-order valence-corrected chi connectivity index (χ0v) is 10.1. The van der Waals surface area contributed by atoms with Crippen molar-refractivity contribution in [3.05, 3.63) is 41.8 Å². The minimum absolute atomic E-state index is 0.317.